The number of thioether (sulfide) groups is 1. The number of nitrogens with zero attached hydrogens (tertiary/aromatic N) is 4. The van der Waals surface area contributed by atoms with E-state index >= 15 is 0 Å². The molecular formula is C18H18FN5O3S. The normalized spacial score (nSPS) is 12.0. The second-order valence-electron chi connectivity index (χ2n) is 5.85. The standard InChI is InChI=1S/C18H18FN5O3S/c1-4-26-17(25)12-8-21-18(22-14(12)20)28-10(3)16-23-15(24-27-16)11-6-5-9(2)13(19)7-11/h5-8,10H,4H2,1-3H3,(H2,20,21,22)/t10-/m0/s1. The van der Waals surface area contributed by atoms with Crippen molar-refractivity contribution in [2.75, 3.05) is 12.3 Å². The number of carbonyl (C=O) groups is 1. The average molecular weight is 403 g/mol. The van der Waals surface area contributed by atoms with Gasteiger partial charge in [-0.25, -0.2) is 19.2 Å². The van der Waals surface area contributed by atoms with Gasteiger partial charge < -0.3 is 15.0 Å². The zero-order valence-electron chi connectivity index (χ0n) is 15.5. The fraction of sp³-hybridized carbons (Fsp3) is 0.278. The lowest BCUT2D eigenvalue weighted by Gasteiger charge is -2.07. The summed E-state index contributed by atoms with van der Waals surface area (Å²) in [4.78, 5) is 24.3. The summed E-state index contributed by atoms with van der Waals surface area (Å²) >= 11 is 1.23. The van der Waals surface area contributed by atoms with Crippen molar-refractivity contribution in [1.82, 2.24) is 20.1 Å². The van der Waals surface area contributed by atoms with E-state index in [0.29, 0.717) is 28.0 Å². The van der Waals surface area contributed by atoms with E-state index in [1.165, 1.54) is 24.0 Å². The molecule has 1 aromatic carbocycles. The molecule has 2 N–H and O–H groups in total. The lowest BCUT2D eigenvalue weighted by molar-refractivity contribution is 0.0526. The topological polar surface area (TPSA) is 117 Å². The molecule has 0 aliphatic carbocycles. The van der Waals surface area contributed by atoms with E-state index in [-0.39, 0.29) is 29.1 Å². The highest BCUT2D eigenvalue weighted by molar-refractivity contribution is 7.99. The predicted molar refractivity (Wildman–Crippen MR) is 101 cm³/mol. The smallest absolute Gasteiger partial charge is 0.343 e. The molecule has 0 fully saturated rings. The molecule has 2 heterocycles. The van der Waals surface area contributed by atoms with Crippen molar-refractivity contribution in [3.8, 4) is 11.4 Å². The molecule has 0 amide bonds. The largest absolute Gasteiger partial charge is 0.462 e. The average Bonchev–Trinajstić information content (AvgIpc) is 3.14. The van der Waals surface area contributed by atoms with Gasteiger partial charge in [-0.05, 0) is 32.4 Å². The van der Waals surface area contributed by atoms with Crippen LogP contribution in [0.5, 0.6) is 0 Å². The van der Waals surface area contributed by atoms with Crippen molar-refractivity contribution in [2.45, 2.75) is 31.2 Å². The molecule has 0 radical (unpaired) electrons. The van der Waals surface area contributed by atoms with Crippen molar-refractivity contribution < 1.29 is 18.4 Å². The second kappa shape index (κ2) is 8.34. The summed E-state index contributed by atoms with van der Waals surface area (Å²) in [5, 5.41) is 3.96. The molecule has 0 saturated carbocycles. The van der Waals surface area contributed by atoms with Crippen LogP contribution in [-0.2, 0) is 4.74 Å². The van der Waals surface area contributed by atoms with Crippen LogP contribution in [0.2, 0.25) is 0 Å². The maximum absolute atomic E-state index is 13.7. The first-order valence-electron chi connectivity index (χ1n) is 8.45. The molecule has 28 heavy (non-hydrogen) atoms. The number of anilines is 1. The van der Waals surface area contributed by atoms with Gasteiger partial charge in [0.15, 0.2) is 5.16 Å². The number of benzene rings is 1. The minimum Gasteiger partial charge on any atom is -0.462 e. The number of nitrogen functional groups attached to an aromatic ring is 1. The van der Waals surface area contributed by atoms with Gasteiger partial charge in [-0.2, -0.15) is 4.98 Å². The highest BCUT2D eigenvalue weighted by Crippen LogP contribution is 2.33. The summed E-state index contributed by atoms with van der Waals surface area (Å²) < 4.78 is 23.9. The molecule has 3 rings (SSSR count). The van der Waals surface area contributed by atoms with Crippen LogP contribution in [0.1, 0.15) is 40.9 Å². The third kappa shape index (κ3) is 4.28. The first-order chi connectivity index (χ1) is 13.4. The van der Waals surface area contributed by atoms with E-state index in [1.54, 1.807) is 26.0 Å². The van der Waals surface area contributed by atoms with E-state index in [9.17, 15) is 9.18 Å². The molecule has 0 aliphatic rings. The number of esters is 1. The molecule has 2 aromatic heterocycles. The molecule has 8 nitrogen and oxygen atoms in total. The Hall–Kier alpha value is -3.01. The van der Waals surface area contributed by atoms with E-state index in [4.69, 9.17) is 15.0 Å². The number of aryl methyl sites for hydroxylation is 1. The monoisotopic (exact) mass is 403 g/mol. The predicted octanol–water partition coefficient (Wildman–Crippen LogP) is 3.59. The Morgan fingerprint density at radius 2 is 2.18 bits per heavy atom. The van der Waals surface area contributed by atoms with Gasteiger partial charge >= 0.3 is 5.97 Å². The van der Waals surface area contributed by atoms with Crippen LogP contribution in [0.15, 0.2) is 34.1 Å². The highest BCUT2D eigenvalue weighted by atomic mass is 32.2. The Balaban J connectivity index is 1.74. The van der Waals surface area contributed by atoms with Crippen LogP contribution in [0.25, 0.3) is 11.4 Å². The Morgan fingerprint density at radius 3 is 2.86 bits per heavy atom. The van der Waals surface area contributed by atoms with Crippen molar-refractivity contribution in [3.63, 3.8) is 0 Å². The number of hydrogen-bond donors (Lipinski definition) is 1. The van der Waals surface area contributed by atoms with Gasteiger partial charge in [-0.3, -0.25) is 0 Å². The van der Waals surface area contributed by atoms with Crippen LogP contribution in [0, 0.1) is 12.7 Å². The number of nitrogens with two attached hydrogens (primary N) is 1. The van der Waals surface area contributed by atoms with E-state index in [1.807, 2.05) is 6.92 Å². The molecular weight excluding hydrogens is 385 g/mol. The van der Waals surface area contributed by atoms with E-state index in [2.05, 4.69) is 20.1 Å². The van der Waals surface area contributed by atoms with Gasteiger partial charge in [0.1, 0.15) is 17.2 Å². The van der Waals surface area contributed by atoms with Gasteiger partial charge in [-0.1, -0.05) is 29.1 Å². The molecule has 0 unspecified atom stereocenters. The number of hydrogen-bond acceptors (Lipinski definition) is 9. The molecule has 0 aliphatic heterocycles. The molecule has 0 saturated heterocycles. The minimum absolute atomic E-state index is 0.0319. The van der Waals surface area contributed by atoms with Gasteiger partial charge in [0.2, 0.25) is 11.7 Å². The zero-order chi connectivity index (χ0) is 20.3. The van der Waals surface area contributed by atoms with Crippen LogP contribution in [-0.4, -0.2) is 32.7 Å². The maximum atomic E-state index is 13.7. The van der Waals surface area contributed by atoms with Crippen molar-refractivity contribution in [2.24, 2.45) is 0 Å². The molecule has 0 bridgehead atoms. The first-order valence-corrected chi connectivity index (χ1v) is 9.33. The van der Waals surface area contributed by atoms with E-state index in [0.717, 1.165) is 0 Å². The third-order valence-electron chi connectivity index (χ3n) is 3.79. The number of aromatic nitrogens is 4. The summed E-state index contributed by atoms with van der Waals surface area (Å²) in [5.74, 6) is -0.255. The number of ether oxygens (including phenoxy) is 1. The zero-order valence-corrected chi connectivity index (χ0v) is 16.3. The molecule has 10 heteroatoms. The van der Waals surface area contributed by atoms with Gasteiger partial charge in [-0.15, -0.1) is 0 Å². The quantitative estimate of drug-likeness (QED) is 0.374. The van der Waals surface area contributed by atoms with Gasteiger partial charge in [0.25, 0.3) is 0 Å². The maximum Gasteiger partial charge on any atom is 0.343 e. The third-order valence-corrected chi connectivity index (χ3v) is 4.76. The summed E-state index contributed by atoms with van der Waals surface area (Å²) in [7, 11) is 0. The highest BCUT2D eigenvalue weighted by Gasteiger charge is 2.20. The Labute approximate surface area is 164 Å². The lowest BCUT2D eigenvalue weighted by atomic mass is 10.1. The van der Waals surface area contributed by atoms with Crippen LogP contribution >= 0.6 is 11.8 Å². The molecule has 3 aromatic rings. The van der Waals surface area contributed by atoms with Crippen molar-refractivity contribution in [3.05, 3.63) is 47.2 Å². The summed E-state index contributed by atoms with van der Waals surface area (Å²) in [6, 6.07) is 4.74. The second-order valence-corrected chi connectivity index (χ2v) is 7.16. The Morgan fingerprint density at radius 1 is 1.39 bits per heavy atom. The summed E-state index contributed by atoms with van der Waals surface area (Å²) in [5.41, 5.74) is 6.99. The number of halogens is 1. The fourth-order valence-electron chi connectivity index (χ4n) is 2.26. The molecule has 0 spiro atoms. The van der Waals surface area contributed by atoms with Crippen molar-refractivity contribution in [1.29, 1.82) is 0 Å². The van der Waals surface area contributed by atoms with Crippen LogP contribution < -0.4 is 5.73 Å². The molecule has 146 valence electrons. The first kappa shape index (κ1) is 19.7. The minimum atomic E-state index is -0.573. The lowest BCUT2D eigenvalue weighted by Crippen LogP contribution is -2.10. The van der Waals surface area contributed by atoms with Gasteiger partial charge in [0, 0.05) is 11.8 Å². The summed E-state index contributed by atoms with van der Waals surface area (Å²) in [6.07, 6.45) is 1.32. The van der Waals surface area contributed by atoms with Crippen LogP contribution in [0.4, 0.5) is 10.2 Å². The SMILES string of the molecule is CCOC(=O)c1cnc(S[C@@H](C)c2nc(-c3ccc(C)c(F)c3)no2)nc1N. The van der Waals surface area contributed by atoms with Crippen molar-refractivity contribution >= 4 is 23.5 Å². The Bertz CT molecular complexity index is 1010. The number of carbonyl (C=O) groups excluding carboxylic acids is 1. The van der Waals surface area contributed by atoms with Crippen LogP contribution in [0.3, 0.4) is 0 Å². The Kier molecular flexibility index (Phi) is 5.88. The fourth-order valence-corrected chi connectivity index (χ4v) is 3.04. The van der Waals surface area contributed by atoms with E-state index < -0.39 is 5.97 Å². The summed E-state index contributed by atoms with van der Waals surface area (Å²) in [6.45, 7) is 5.44. The number of rotatable bonds is 6. The molecule has 1 atom stereocenters. The van der Waals surface area contributed by atoms with Gasteiger partial charge in [0.05, 0.1) is 11.9 Å².